The minimum absolute atomic E-state index is 0.234. The van der Waals surface area contributed by atoms with Crippen molar-refractivity contribution in [3.63, 3.8) is 0 Å². The minimum atomic E-state index is -0.556. The van der Waals surface area contributed by atoms with E-state index in [1.165, 1.54) is 21.8 Å². The predicted molar refractivity (Wildman–Crippen MR) is 81.3 cm³/mol. The van der Waals surface area contributed by atoms with E-state index >= 15 is 0 Å². The standard InChI is InChI=1S/C11H16N8O4/c1-16-6-14-10(18(20)21)8(16)12-4-3-5-13-9-11(19(22)23)15-7-17(9)2/h6-7,12-13H,3-5H2,1-2H3. The van der Waals surface area contributed by atoms with Crippen LogP contribution in [0.25, 0.3) is 0 Å². The molecule has 12 nitrogen and oxygen atoms in total. The molecule has 12 heteroatoms. The fourth-order valence-electron chi connectivity index (χ4n) is 2.01. The van der Waals surface area contributed by atoms with Crippen molar-refractivity contribution in [3.8, 4) is 0 Å². The molecule has 0 saturated heterocycles. The lowest BCUT2D eigenvalue weighted by Crippen LogP contribution is -2.13. The lowest BCUT2D eigenvalue weighted by atomic mass is 10.4. The van der Waals surface area contributed by atoms with Gasteiger partial charge in [-0.3, -0.25) is 9.13 Å². The van der Waals surface area contributed by atoms with E-state index in [2.05, 4.69) is 20.6 Å². The van der Waals surface area contributed by atoms with E-state index in [4.69, 9.17) is 0 Å². The number of aromatic nitrogens is 4. The molecule has 0 spiro atoms. The van der Waals surface area contributed by atoms with Gasteiger partial charge in [-0.25, -0.2) is 0 Å². The lowest BCUT2D eigenvalue weighted by molar-refractivity contribution is -0.388. The topological polar surface area (TPSA) is 146 Å². The molecule has 0 amide bonds. The first-order valence-corrected chi connectivity index (χ1v) is 6.71. The molecule has 0 unspecified atom stereocenters. The number of rotatable bonds is 8. The average molecular weight is 324 g/mol. The summed E-state index contributed by atoms with van der Waals surface area (Å²) in [5, 5.41) is 27.5. The van der Waals surface area contributed by atoms with Gasteiger partial charge >= 0.3 is 11.6 Å². The van der Waals surface area contributed by atoms with Crippen molar-refractivity contribution < 1.29 is 9.85 Å². The van der Waals surface area contributed by atoms with E-state index in [-0.39, 0.29) is 11.6 Å². The summed E-state index contributed by atoms with van der Waals surface area (Å²) < 4.78 is 3.05. The Morgan fingerprint density at radius 2 is 1.35 bits per heavy atom. The van der Waals surface area contributed by atoms with Crippen molar-refractivity contribution in [2.45, 2.75) is 6.42 Å². The summed E-state index contributed by atoms with van der Waals surface area (Å²) in [6.07, 6.45) is 3.31. The zero-order chi connectivity index (χ0) is 17.0. The van der Waals surface area contributed by atoms with Crippen molar-refractivity contribution in [1.82, 2.24) is 19.1 Å². The van der Waals surface area contributed by atoms with Crippen molar-refractivity contribution in [1.29, 1.82) is 0 Å². The smallest absolute Gasteiger partial charge is 0.364 e. The molecule has 0 saturated carbocycles. The first-order valence-electron chi connectivity index (χ1n) is 6.71. The van der Waals surface area contributed by atoms with Crippen LogP contribution in [0.2, 0.25) is 0 Å². The Bertz CT molecular complexity index is 661. The van der Waals surface area contributed by atoms with Crippen LogP contribution in [0.4, 0.5) is 23.3 Å². The first-order chi connectivity index (χ1) is 10.9. The van der Waals surface area contributed by atoms with E-state index in [9.17, 15) is 20.2 Å². The Labute approximate surface area is 130 Å². The molecule has 2 aromatic heterocycles. The molecule has 0 aromatic carbocycles. The van der Waals surface area contributed by atoms with Gasteiger partial charge in [0.2, 0.25) is 24.3 Å². The Kier molecular flexibility index (Phi) is 4.73. The van der Waals surface area contributed by atoms with Gasteiger partial charge in [0.15, 0.2) is 0 Å². The molecule has 2 heterocycles. The van der Waals surface area contributed by atoms with Gasteiger partial charge < -0.3 is 30.9 Å². The van der Waals surface area contributed by atoms with Gasteiger partial charge in [0, 0.05) is 27.2 Å². The zero-order valence-corrected chi connectivity index (χ0v) is 12.6. The van der Waals surface area contributed by atoms with Gasteiger partial charge in [-0.05, 0) is 26.2 Å². The molecule has 0 bridgehead atoms. The van der Waals surface area contributed by atoms with Crippen LogP contribution in [0.3, 0.4) is 0 Å². The van der Waals surface area contributed by atoms with Crippen molar-refractivity contribution in [2.24, 2.45) is 14.1 Å². The van der Waals surface area contributed by atoms with E-state index in [1.54, 1.807) is 14.1 Å². The Hall–Kier alpha value is -3.18. The number of nitro groups is 2. The van der Waals surface area contributed by atoms with Crippen LogP contribution in [0.5, 0.6) is 0 Å². The van der Waals surface area contributed by atoms with Crippen LogP contribution in [-0.4, -0.2) is 42.0 Å². The number of anilines is 2. The highest BCUT2D eigenvalue weighted by Crippen LogP contribution is 2.22. The third-order valence-corrected chi connectivity index (χ3v) is 3.12. The Morgan fingerprint density at radius 3 is 1.70 bits per heavy atom. The summed E-state index contributed by atoms with van der Waals surface area (Å²) in [6, 6.07) is 0. The number of hydrogen-bond acceptors (Lipinski definition) is 8. The van der Waals surface area contributed by atoms with Gasteiger partial charge in [-0.1, -0.05) is 0 Å². The zero-order valence-electron chi connectivity index (χ0n) is 12.6. The third-order valence-electron chi connectivity index (χ3n) is 3.12. The Balaban J connectivity index is 1.85. The van der Waals surface area contributed by atoms with Crippen LogP contribution >= 0.6 is 0 Å². The fraction of sp³-hybridized carbons (Fsp3) is 0.455. The van der Waals surface area contributed by atoms with E-state index in [0.717, 1.165) is 0 Å². The number of nitrogens with zero attached hydrogens (tertiary/aromatic N) is 6. The second kappa shape index (κ2) is 6.72. The van der Waals surface area contributed by atoms with Gasteiger partial charge in [0.25, 0.3) is 0 Å². The Morgan fingerprint density at radius 1 is 0.957 bits per heavy atom. The molecule has 0 aliphatic carbocycles. The van der Waals surface area contributed by atoms with Crippen LogP contribution in [0.15, 0.2) is 12.7 Å². The van der Waals surface area contributed by atoms with Gasteiger partial charge in [0.1, 0.15) is 0 Å². The highest BCUT2D eigenvalue weighted by Gasteiger charge is 2.20. The molecule has 2 aromatic rings. The summed E-state index contributed by atoms with van der Waals surface area (Å²) in [6.45, 7) is 0.887. The number of nitrogens with one attached hydrogen (secondary N) is 2. The third kappa shape index (κ3) is 3.53. The molecule has 0 aliphatic heterocycles. The quantitative estimate of drug-likeness (QED) is 0.413. The SMILES string of the molecule is Cn1cnc([N+](=O)[O-])c1NCCCNc1c([N+](=O)[O-])ncn1C. The molecule has 0 aliphatic rings. The highest BCUT2D eigenvalue weighted by atomic mass is 16.6. The highest BCUT2D eigenvalue weighted by molar-refractivity contribution is 5.53. The van der Waals surface area contributed by atoms with Crippen LogP contribution in [-0.2, 0) is 14.1 Å². The molecule has 0 atom stereocenters. The molecule has 0 fully saturated rings. The fourth-order valence-corrected chi connectivity index (χ4v) is 2.01. The number of aryl methyl sites for hydroxylation is 2. The van der Waals surface area contributed by atoms with Crippen LogP contribution < -0.4 is 10.6 Å². The maximum atomic E-state index is 10.8. The first kappa shape index (κ1) is 16.2. The summed E-state index contributed by atoms with van der Waals surface area (Å²) in [5.41, 5.74) is 0. The molecule has 124 valence electrons. The average Bonchev–Trinajstić information content (AvgIpc) is 3.03. The molecular weight excluding hydrogens is 308 g/mol. The summed E-state index contributed by atoms with van der Waals surface area (Å²) in [5.74, 6) is 0.175. The second-order valence-electron chi connectivity index (χ2n) is 4.78. The molecule has 2 N–H and O–H groups in total. The normalized spacial score (nSPS) is 10.5. The number of imidazole rings is 2. The molecule has 0 radical (unpaired) electrons. The predicted octanol–water partition coefficient (Wildman–Crippen LogP) is 0.884. The van der Waals surface area contributed by atoms with Crippen LogP contribution in [0, 0.1) is 20.2 Å². The van der Waals surface area contributed by atoms with Crippen molar-refractivity contribution in [2.75, 3.05) is 23.7 Å². The molecule has 2 rings (SSSR count). The lowest BCUT2D eigenvalue weighted by Gasteiger charge is -2.08. The van der Waals surface area contributed by atoms with Gasteiger partial charge in [0.05, 0.1) is 0 Å². The second-order valence-corrected chi connectivity index (χ2v) is 4.78. The van der Waals surface area contributed by atoms with Crippen LogP contribution in [0.1, 0.15) is 6.42 Å². The summed E-state index contributed by atoms with van der Waals surface area (Å²) in [7, 11) is 3.30. The van der Waals surface area contributed by atoms with Crippen molar-refractivity contribution in [3.05, 3.63) is 32.9 Å². The number of hydrogen-bond donors (Lipinski definition) is 2. The van der Waals surface area contributed by atoms with E-state index in [1.807, 2.05) is 0 Å². The minimum Gasteiger partial charge on any atom is -0.364 e. The molecular formula is C11H16N8O4. The largest absolute Gasteiger partial charge is 0.406 e. The maximum absolute atomic E-state index is 10.8. The van der Waals surface area contributed by atoms with E-state index < -0.39 is 9.85 Å². The summed E-state index contributed by atoms with van der Waals surface area (Å²) in [4.78, 5) is 27.9. The van der Waals surface area contributed by atoms with Gasteiger partial charge in [-0.15, -0.1) is 0 Å². The monoisotopic (exact) mass is 324 g/mol. The maximum Gasteiger partial charge on any atom is 0.406 e. The van der Waals surface area contributed by atoms with Gasteiger partial charge in [-0.2, -0.15) is 0 Å². The molecule has 23 heavy (non-hydrogen) atoms. The van der Waals surface area contributed by atoms with E-state index in [0.29, 0.717) is 31.1 Å². The summed E-state index contributed by atoms with van der Waals surface area (Å²) >= 11 is 0. The van der Waals surface area contributed by atoms with Crippen molar-refractivity contribution >= 4 is 23.3 Å².